The topological polar surface area (TPSA) is 30.5 Å². The van der Waals surface area contributed by atoms with Gasteiger partial charge in [-0.3, -0.25) is 0 Å². The summed E-state index contributed by atoms with van der Waals surface area (Å²) >= 11 is 0. The average molecular weight is 312 g/mol. The van der Waals surface area contributed by atoms with Gasteiger partial charge in [0.2, 0.25) is 0 Å². The van der Waals surface area contributed by atoms with Crippen LogP contribution in [0, 0.1) is 5.41 Å². The molecule has 2 saturated heterocycles. The molecule has 0 saturated carbocycles. The summed E-state index contributed by atoms with van der Waals surface area (Å²) < 4.78 is 11.8. The van der Waals surface area contributed by atoms with Crippen LogP contribution in [-0.2, 0) is 9.47 Å². The lowest BCUT2D eigenvalue weighted by Gasteiger charge is -2.45. The first-order valence-corrected chi connectivity index (χ1v) is 9.27. The van der Waals surface area contributed by atoms with E-state index in [1.165, 1.54) is 32.1 Å². The van der Waals surface area contributed by atoms with Crippen molar-refractivity contribution in [2.24, 2.45) is 5.41 Å². The van der Waals surface area contributed by atoms with Crippen molar-refractivity contribution < 1.29 is 9.47 Å². The Hall–Kier alpha value is -0.120. The zero-order valence-corrected chi connectivity index (χ0v) is 15.5. The summed E-state index contributed by atoms with van der Waals surface area (Å²) in [7, 11) is 0. The van der Waals surface area contributed by atoms with Gasteiger partial charge in [0.15, 0.2) is 0 Å². The van der Waals surface area contributed by atoms with Gasteiger partial charge in [0.1, 0.15) is 0 Å². The van der Waals surface area contributed by atoms with Crippen molar-refractivity contribution in [1.29, 1.82) is 0 Å². The Morgan fingerprint density at radius 2 is 1.73 bits per heavy atom. The molecule has 2 aliphatic heterocycles. The van der Waals surface area contributed by atoms with Crippen LogP contribution in [0.4, 0.5) is 0 Å². The maximum absolute atomic E-state index is 5.95. The molecule has 0 aromatic heterocycles. The monoisotopic (exact) mass is 311 g/mol. The van der Waals surface area contributed by atoms with E-state index < -0.39 is 0 Å². The van der Waals surface area contributed by atoms with Crippen LogP contribution < -0.4 is 5.32 Å². The molecular formula is C19H37NO2. The van der Waals surface area contributed by atoms with Gasteiger partial charge in [-0.1, -0.05) is 13.3 Å². The Bertz CT molecular complexity index is 349. The lowest BCUT2D eigenvalue weighted by atomic mass is 9.69. The molecule has 0 radical (unpaired) electrons. The van der Waals surface area contributed by atoms with Crippen LogP contribution in [0.1, 0.15) is 79.6 Å². The maximum Gasteiger partial charge on any atom is 0.0641 e. The van der Waals surface area contributed by atoms with Crippen LogP contribution >= 0.6 is 0 Å². The first-order chi connectivity index (χ1) is 10.3. The van der Waals surface area contributed by atoms with E-state index in [9.17, 15) is 0 Å². The van der Waals surface area contributed by atoms with Gasteiger partial charge in [-0.2, -0.15) is 0 Å². The van der Waals surface area contributed by atoms with Crippen molar-refractivity contribution in [2.75, 3.05) is 19.8 Å². The minimum Gasteiger partial charge on any atom is -0.376 e. The molecule has 0 unspecified atom stereocenters. The predicted octanol–water partition coefficient (Wildman–Crippen LogP) is 4.30. The van der Waals surface area contributed by atoms with Crippen molar-refractivity contribution in [3.8, 4) is 0 Å². The molecule has 2 heterocycles. The fourth-order valence-electron chi connectivity index (χ4n) is 4.62. The highest BCUT2D eigenvalue weighted by Gasteiger charge is 2.40. The molecule has 130 valence electrons. The number of ether oxygens (including phenoxy) is 2. The van der Waals surface area contributed by atoms with Crippen LogP contribution in [0.25, 0.3) is 0 Å². The fourth-order valence-corrected chi connectivity index (χ4v) is 4.62. The van der Waals surface area contributed by atoms with Crippen LogP contribution in [0.15, 0.2) is 0 Å². The third kappa shape index (κ3) is 5.21. The van der Waals surface area contributed by atoms with Gasteiger partial charge in [-0.15, -0.1) is 0 Å². The van der Waals surface area contributed by atoms with E-state index in [4.69, 9.17) is 9.47 Å². The first kappa shape index (κ1) is 18.2. The van der Waals surface area contributed by atoms with Crippen molar-refractivity contribution in [3.63, 3.8) is 0 Å². The highest BCUT2D eigenvalue weighted by Crippen LogP contribution is 2.44. The van der Waals surface area contributed by atoms with Gasteiger partial charge in [0, 0.05) is 19.3 Å². The molecule has 2 atom stereocenters. The summed E-state index contributed by atoms with van der Waals surface area (Å²) in [5.74, 6) is 0. The number of hydrogen-bond donors (Lipinski definition) is 1. The largest absolute Gasteiger partial charge is 0.376 e. The Morgan fingerprint density at radius 3 is 2.36 bits per heavy atom. The molecular weight excluding hydrogens is 274 g/mol. The molecule has 1 N–H and O–H groups in total. The minimum atomic E-state index is 0.0394. The van der Waals surface area contributed by atoms with E-state index in [2.05, 4.69) is 39.9 Å². The lowest BCUT2D eigenvalue weighted by Crippen LogP contribution is -2.46. The summed E-state index contributed by atoms with van der Waals surface area (Å²) in [5, 5.41) is 3.81. The average Bonchev–Trinajstić information content (AvgIpc) is 2.36. The molecule has 2 aliphatic rings. The normalized spacial score (nSPS) is 34.5. The molecule has 2 rings (SSSR count). The van der Waals surface area contributed by atoms with Crippen molar-refractivity contribution in [1.82, 2.24) is 5.32 Å². The third-order valence-corrected chi connectivity index (χ3v) is 5.49. The van der Waals surface area contributed by atoms with E-state index in [1.807, 2.05) is 0 Å². The number of nitrogens with one attached hydrogen (secondary N) is 1. The van der Waals surface area contributed by atoms with E-state index in [0.29, 0.717) is 11.5 Å². The van der Waals surface area contributed by atoms with Gasteiger partial charge < -0.3 is 14.8 Å². The lowest BCUT2D eigenvalue weighted by molar-refractivity contribution is -0.110. The zero-order valence-electron chi connectivity index (χ0n) is 15.5. The minimum absolute atomic E-state index is 0.0394. The van der Waals surface area contributed by atoms with Crippen molar-refractivity contribution >= 4 is 0 Å². The number of rotatable bonds is 6. The summed E-state index contributed by atoms with van der Waals surface area (Å²) in [5.41, 5.74) is 0.565. The van der Waals surface area contributed by atoms with Crippen molar-refractivity contribution in [3.05, 3.63) is 0 Å². The maximum atomic E-state index is 5.95. The standard InChI is InChI=1S/C19H37NO2/c1-6-8-19(10-13-22-18(4,5)15-19)9-11-20-16-7-12-21-17(2,3)14-16/h16,20H,6-15H2,1-5H3/t16-,19-/m0/s1. The Kier molecular flexibility index (Phi) is 5.95. The smallest absolute Gasteiger partial charge is 0.0641 e. The first-order valence-electron chi connectivity index (χ1n) is 9.27. The van der Waals surface area contributed by atoms with Gasteiger partial charge in [-0.25, -0.2) is 0 Å². The molecule has 0 spiro atoms. The second-order valence-corrected chi connectivity index (χ2v) is 8.79. The van der Waals surface area contributed by atoms with E-state index >= 15 is 0 Å². The summed E-state index contributed by atoms with van der Waals surface area (Å²) in [6, 6.07) is 0.621. The van der Waals surface area contributed by atoms with E-state index in [1.54, 1.807) is 0 Å². The van der Waals surface area contributed by atoms with Crippen molar-refractivity contribution in [2.45, 2.75) is 96.8 Å². The quantitative estimate of drug-likeness (QED) is 0.793. The van der Waals surface area contributed by atoms with E-state index in [0.717, 1.165) is 32.6 Å². The molecule has 0 amide bonds. The second-order valence-electron chi connectivity index (χ2n) is 8.79. The molecule has 0 bridgehead atoms. The van der Waals surface area contributed by atoms with Gasteiger partial charge in [0.05, 0.1) is 11.2 Å². The van der Waals surface area contributed by atoms with Crippen LogP contribution in [0.3, 0.4) is 0 Å². The second kappa shape index (κ2) is 7.19. The van der Waals surface area contributed by atoms with Crippen LogP contribution in [0.2, 0.25) is 0 Å². The molecule has 2 fully saturated rings. The van der Waals surface area contributed by atoms with Crippen LogP contribution in [0.5, 0.6) is 0 Å². The van der Waals surface area contributed by atoms with Gasteiger partial charge >= 0.3 is 0 Å². The molecule has 3 nitrogen and oxygen atoms in total. The molecule has 22 heavy (non-hydrogen) atoms. The molecule has 0 aromatic carbocycles. The van der Waals surface area contributed by atoms with E-state index in [-0.39, 0.29) is 11.2 Å². The van der Waals surface area contributed by atoms with Gasteiger partial charge in [-0.05, 0) is 78.2 Å². The fraction of sp³-hybridized carbons (Fsp3) is 1.00. The summed E-state index contributed by atoms with van der Waals surface area (Å²) in [6.45, 7) is 14.2. The molecule has 0 aliphatic carbocycles. The molecule has 0 aromatic rings. The van der Waals surface area contributed by atoms with Gasteiger partial charge in [0.25, 0.3) is 0 Å². The molecule has 3 heteroatoms. The summed E-state index contributed by atoms with van der Waals surface area (Å²) in [4.78, 5) is 0. The highest BCUT2D eigenvalue weighted by atomic mass is 16.5. The Morgan fingerprint density at radius 1 is 1.00 bits per heavy atom. The Balaban J connectivity index is 1.84. The zero-order chi connectivity index (χ0) is 16.3. The SMILES string of the molecule is CCC[C@]1(CCN[C@H]2CCOC(C)(C)C2)CCOC(C)(C)C1. The highest BCUT2D eigenvalue weighted by molar-refractivity contribution is 4.91. The van der Waals surface area contributed by atoms with Crippen LogP contribution in [-0.4, -0.2) is 37.0 Å². The summed E-state index contributed by atoms with van der Waals surface area (Å²) in [6.07, 6.45) is 8.60. The Labute approximate surface area is 137 Å². The third-order valence-electron chi connectivity index (χ3n) is 5.49. The predicted molar refractivity (Wildman–Crippen MR) is 92.3 cm³/mol. The number of hydrogen-bond acceptors (Lipinski definition) is 3.